The van der Waals surface area contributed by atoms with Crippen molar-refractivity contribution >= 4 is 33.3 Å². The molecule has 3 aromatic carbocycles. The normalized spacial score (nSPS) is 11.1. The molecule has 0 saturated heterocycles. The van der Waals surface area contributed by atoms with Gasteiger partial charge in [0.2, 0.25) is 5.89 Å². The third-order valence-corrected chi connectivity index (χ3v) is 3.85. The van der Waals surface area contributed by atoms with Gasteiger partial charge in [0.25, 0.3) is 0 Å². The molecule has 0 aliphatic rings. The van der Waals surface area contributed by atoms with Crippen molar-refractivity contribution in [1.82, 2.24) is 4.98 Å². The number of hydrogen-bond acceptors (Lipinski definition) is 3. The Morgan fingerprint density at radius 3 is 2.64 bits per heavy atom. The van der Waals surface area contributed by atoms with Gasteiger partial charge >= 0.3 is 5.63 Å². The molecule has 4 aromatic rings. The topological polar surface area (TPSA) is 43.1 Å². The van der Waals surface area contributed by atoms with Crippen molar-refractivity contribution < 1.29 is 4.42 Å². The van der Waals surface area contributed by atoms with E-state index in [1.165, 1.54) is 0 Å². The maximum absolute atomic E-state index is 12.2. The summed E-state index contributed by atoms with van der Waals surface area (Å²) in [6.07, 6.45) is 0. The minimum Gasteiger partial charge on any atom is -0.403 e. The Balaban J connectivity index is 2.05. The van der Waals surface area contributed by atoms with Gasteiger partial charge in [0.05, 0.1) is 10.9 Å². The van der Waals surface area contributed by atoms with E-state index in [4.69, 9.17) is 16.0 Å². The van der Waals surface area contributed by atoms with Crippen molar-refractivity contribution in [3.63, 3.8) is 0 Å². The summed E-state index contributed by atoms with van der Waals surface area (Å²) in [6.45, 7) is 0. The molecule has 22 heavy (non-hydrogen) atoms. The molecule has 4 rings (SSSR count). The van der Waals surface area contributed by atoms with E-state index in [0.29, 0.717) is 21.8 Å². The first-order valence-corrected chi connectivity index (χ1v) is 7.19. The molecule has 3 nitrogen and oxygen atoms in total. The van der Waals surface area contributed by atoms with E-state index in [2.05, 4.69) is 4.98 Å². The smallest absolute Gasteiger partial charge is 0.347 e. The van der Waals surface area contributed by atoms with Gasteiger partial charge in [-0.2, -0.15) is 0 Å². The largest absolute Gasteiger partial charge is 0.403 e. The van der Waals surface area contributed by atoms with Crippen LogP contribution in [-0.2, 0) is 0 Å². The molecule has 0 aliphatic carbocycles. The Hall–Kier alpha value is -2.65. The van der Waals surface area contributed by atoms with Crippen LogP contribution in [0.4, 0.5) is 0 Å². The molecule has 1 aromatic heterocycles. The summed E-state index contributed by atoms with van der Waals surface area (Å²) in [6, 6.07) is 18.8. The number of nitrogens with zero attached hydrogens (tertiary/aromatic N) is 1. The first kappa shape index (κ1) is 13.0. The number of benzene rings is 3. The predicted molar refractivity (Wildman–Crippen MR) is 88.2 cm³/mol. The lowest BCUT2D eigenvalue weighted by atomic mass is 10.0. The van der Waals surface area contributed by atoms with Gasteiger partial charge in [-0.05, 0) is 35.0 Å². The second kappa shape index (κ2) is 4.97. The van der Waals surface area contributed by atoms with Crippen LogP contribution in [0.25, 0.3) is 33.1 Å². The third kappa shape index (κ3) is 2.07. The molecule has 0 amide bonds. The van der Waals surface area contributed by atoms with E-state index in [1.807, 2.05) is 42.5 Å². The van der Waals surface area contributed by atoms with Crippen molar-refractivity contribution in [1.29, 1.82) is 0 Å². The number of rotatable bonds is 1. The van der Waals surface area contributed by atoms with Gasteiger partial charge in [0, 0.05) is 10.6 Å². The van der Waals surface area contributed by atoms with Crippen LogP contribution in [0.1, 0.15) is 0 Å². The summed E-state index contributed by atoms with van der Waals surface area (Å²) in [5.74, 6) is 0.316. The molecule has 0 saturated carbocycles. The molecule has 0 N–H and O–H groups in total. The quantitative estimate of drug-likeness (QED) is 0.513. The van der Waals surface area contributed by atoms with Crippen LogP contribution in [0.5, 0.6) is 0 Å². The molecule has 0 unspecified atom stereocenters. The second-order valence-corrected chi connectivity index (χ2v) is 5.43. The summed E-state index contributed by atoms with van der Waals surface area (Å²) in [5.41, 5.74) is 0.936. The average Bonchev–Trinajstić information content (AvgIpc) is 2.55. The maximum Gasteiger partial charge on any atom is 0.347 e. The van der Waals surface area contributed by atoms with E-state index in [0.717, 1.165) is 16.3 Å². The SMILES string of the molecule is O=c1oc(-c2cccc3ccccc23)nc2ccc(Cl)cc12. The molecule has 4 heteroatoms. The molecule has 0 spiro atoms. The number of hydrogen-bond donors (Lipinski definition) is 0. The monoisotopic (exact) mass is 307 g/mol. The first-order chi connectivity index (χ1) is 10.7. The van der Waals surface area contributed by atoms with Gasteiger partial charge < -0.3 is 4.42 Å². The zero-order valence-corrected chi connectivity index (χ0v) is 12.2. The Labute approximate surface area is 130 Å². The van der Waals surface area contributed by atoms with E-state index in [-0.39, 0.29) is 0 Å². The molecule has 0 radical (unpaired) electrons. The molecule has 106 valence electrons. The fraction of sp³-hybridized carbons (Fsp3) is 0. The Morgan fingerprint density at radius 1 is 0.909 bits per heavy atom. The lowest BCUT2D eigenvalue weighted by Crippen LogP contribution is -2.03. The first-order valence-electron chi connectivity index (χ1n) is 6.81. The highest BCUT2D eigenvalue weighted by Gasteiger charge is 2.11. The second-order valence-electron chi connectivity index (χ2n) is 4.99. The molecule has 0 fully saturated rings. The van der Waals surface area contributed by atoms with Crippen LogP contribution < -0.4 is 5.63 Å². The zero-order chi connectivity index (χ0) is 15.1. The molecule has 0 bridgehead atoms. The van der Waals surface area contributed by atoms with Crippen molar-refractivity contribution in [3.05, 3.63) is 76.1 Å². The Kier molecular flexibility index (Phi) is 2.94. The number of fused-ring (bicyclic) bond motifs is 2. The zero-order valence-electron chi connectivity index (χ0n) is 11.4. The average molecular weight is 308 g/mol. The summed E-state index contributed by atoms with van der Waals surface area (Å²) in [7, 11) is 0. The van der Waals surface area contributed by atoms with Crippen molar-refractivity contribution in [3.8, 4) is 11.5 Å². The van der Waals surface area contributed by atoms with Crippen molar-refractivity contribution in [2.24, 2.45) is 0 Å². The van der Waals surface area contributed by atoms with Crippen LogP contribution in [0.3, 0.4) is 0 Å². The highest BCUT2D eigenvalue weighted by Crippen LogP contribution is 2.27. The van der Waals surface area contributed by atoms with Crippen LogP contribution in [0, 0.1) is 0 Å². The summed E-state index contributed by atoms with van der Waals surface area (Å²) >= 11 is 5.92. The third-order valence-electron chi connectivity index (χ3n) is 3.61. The minimum absolute atomic E-state index is 0.316. The predicted octanol–water partition coefficient (Wildman–Crippen LogP) is 4.66. The van der Waals surface area contributed by atoms with Gasteiger partial charge in [0.15, 0.2) is 0 Å². The lowest BCUT2D eigenvalue weighted by Gasteiger charge is -2.05. The van der Waals surface area contributed by atoms with Gasteiger partial charge in [-0.1, -0.05) is 48.0 Å². The van der Waals surface area contributed by atoms with E-state index >= 15 is 0 Å². The van der Waals surface area contributed by atoms with Crippen LogP contribution in [-0.4, -0.2) is 4.98 Å². The van der Waals surface area contributed by atoms with Gasteiger partial charge in [-0.25, -0.2) is 9.78 Å². The van der Waals surface area contributed by atoms with Gasteiger partial charge in [-0.15, -0.1) is 0 Å². The van der Waals surface area contributed by atoms with Crippen LogP contribution in [0.15, 0.2) is 69.9 Å². The number of aromatic nitrogens is 1. The van der Waals surface area contributed by atoms with E-state index in [1.54, 1.807) is 18.2 Å². The fourth-order valence-corrected chi connectivity index (χ4v) is 2.74. The van der Waals surface area contributed by atoms with E-state index in [9.17, 15) is 4.79 Å². The fourth-order valence-electron chi connectivity index (χ4n) is 2.57. The summed E-state index contributed by atoms with van der Waals surface area (Å²) < 4.78 is 5.41. The Bertz CT molecular complexity index is 1060. The van der Waals surface area contributed by atoms with E-state index < -0.39 is 5.63 Å². The molecule has 1 heterocycles. The van der Waals surface area contributed by atoms with Gasteiger partial charge in [0.1, 0.15) is 0 Å². The van der Waals surface area contributed by atoms with Crippen LogP contribution >= 0.6 is 11.6 Å². The Morgan fingerprint density at radius 2 is 1.73 bits per heavy atom. The highest BCUT2D eigenvalue weighted by atomic mass is 35.5. The van der Waals surface area contributed by atoms with Gasteiger partial charge in [-0.3, -0.25) is 0 Å². The maximum atomic E-state index is 12.2. The molecular weight excluding hydrogens is 298 g/mol. The standard InChI is InChI=1S/C18H10ClNO2/c19-12-8-9-16-15(10-12)18(21)22-17(20-16)14-7-3-5-11-4-1-2-6-13(11)14/h1-10H. The number of halogens is 1. The molecule has 0 atom stereocenters. The van der Waals surface area contributed by atoms with Crippen molar-refractivity contribution in [2.45, 2.75) is 0 Å². The summed E-state index contributed by atoms with van der Waals surface area (Å²) in [4.78, 5) is 16.7. The van der Waals surface area contributed by atoms with Crippen LogP contribution in [0.2, 0.25) is 5.02 Å². The van der Waals surface area contributed by atoms with Crippen molar-refractivity contribution in [2.75, 3.05) is 0 Å². The summed E-state index contributed by atoms with van der Waals surface area (Å²) in [5, 5.41) is 2.94. The minimum atomic E-state index is -0.435. The highest BCUT2D eigenvalue weighted by molar-refractivity contribution is 6.31. The lowest BCUT2D eigenvalue weighted by molar-refractivity contribution is 0.519. The molecular formula is C18H10ClNO2. The molecule has 0 aliphatic heterocycles.